The summed E-state index contributed by atoms with van der Waals surface area (Å²) in [5, 5.41) is 1.55. The Morgan fingerprint density at radius 1 is 0.919 bits per heavy atom. The Morgan fingerprint density at radius 3 is 2.19 bits per heavy atom. The minimum Gasteiger partial charge on any atom is -0.490 e. The van der Waals surface area contributed by atoms with Crippen molar-refractivity contribution in [3.05, 3.63) is 93.8 Å². The van der Waals surface area contributed by atoms with E-state index in [1.807, 2.05) is 13.0 Å². The number of nitrogens with zero attached hydrogens (tertiary/aromatic N) is 1. The molecule has 0 N–H and O–H groups in total. The van der Waals surface area contributed by atoms with Gasteiger partial charge in [0.15, 0.2) is 11.5 Å². The number of thioether (sulfide) groups is 1. The number of ether oxygens (including phenoxy) is 2. The molecule has 0 aliphatic carbocycles. The molecule has 37 heavy (non-hydrogen) atoms. The molecule has 3 aromatic rings. The lowest BCUT2D eigenvalue weighted by Gasteiger charge is -2.15. The number of amides is 2. The topological polar surface area (TPSA) is 55.8 Å². The molecule has 2 amide bonds. The fourth-order valence-corrected chi connectivity index (χ4v) is 6.02. The van der Waals surface area contributed by atoms with Gasteiger partial charge in [-0.1, -0.05) is 58.5 Å². The average molecular weight is 709 g/mol. The molecule has 0 saturated carbocycles. The highest BCUT2D eigenvalue weighted by molar-refractivity contribution is 14.1. The maximum Gasteiger partial charge on any atom is 0.293 e. The Kier molecular flexibility index (Phi) is 9.58. The van der Waals surface area contributed by atoms with Gasteiger partial charge in [0, 0.05) is 25.7 Å². The van der Waals surface area contributed by atoms with Crippen LogP contribution in [0.1, 0.15) is 23.6 Å². The van der Waals surface area contributed by atoms with Crippen molar-refractivity contribution in [3.8, 4) is 11.5 Å². The summed E-state index contributed by atoms with van der Waals surface area (Å²) in [6, 6.07) is 13.8. The van der Waals surface area contributed by atoms with Crippen molar-refractivity contribution >= 4 is 98.0 Å². The van der Waals surface area contributed by atoms with Gasteiger partial charge >= 0.3 is 0 Å². The average Bonchev–Trinajstić information content (AvgIpc) is 3.08. The first-order valence-corrected chi connectivity index (χ1v) is 14.3. The van der Waals surface area contributed by atoms with Gasteiger partial charge in [0.2, 0.25) is 0 Å². The maximum atomic E-state index is 13.0. The van der Waals surface area contributed by atoms with Gasteiger partial charge in [-0.3, -0.25) is 14.5 Å². The fourth-order valence-electron chi connectivity index (χ4n) is 3.47. The predicted octanol–water partition coefficient (Wildman–Crippen LogP) is 9.12. The van der Waals surface area contributed by atoms with Crippen LogP contribution in [0.3, 0.4) is 0 Å². The standard InChI is InChI=1S/C26H18Cl4INO4S/c1-2-35-22-8-14(7-21(31)24(22)36-13-16-4-6-18(28)11-20(16)30)9-23-25(33)32(26(34)37-23)12-15-3-5-17(27)10-19(15)29/h3-11H,2,12-13H2,1H3/b23-9-. The molecule has 0 atom stereocenters. The summed E-state index contributed by atoms with van der Waals surface area (Å²) >= 11 is 27.5. The van der Waals surface area contributed by atoms with E-state index in [2.05, 4.69) is 22.6 Å². The second-order valence-corrected chi connectivity index (χ2v) is 11.6. The van der Waals surface area contributed by atoms with Crippen LogP contribution in [0.25, 0.3) is 6.08 Å². The molecule has 1 saturated heterocycles. The Bertz CT molecular complexity index is 1420. The van der Waals surface area contributed by atoms with Crippen LogP contribution in [0.15, 0.2) is 53.4 Å². The molecule has 0 radical (unpaired) electrons. The molecule has 0 unspecified atom stereocenters. The SMILES string of the molecule is CCOc1cc(/C=C2\SC(=O)N(Cc3ccc(Cl)cc3Cl)C2=O)cc(I)c1OCc1ccc(Cl)cc1Cl. The largest absolute Gasteiger partial charge is 0.490 e. The van der Waals surface area contributed by atoms with E-state index in [0.717, 1.165) is 25.8 Å². The molecule has 1 aliphatic heterocycles. The van der Waals surface area contributed by atoms with Gasteiger partial charge in [0.1, 0.15) is 6.61 Å². The third kappa shape index (κ3) is 6.88. The quantitative estimate of drug-likeness (QED) is 0.173. The highest BCUT2D eigenvalue weighted by Gasteiger charge is 2.35. The van der Waals surface area contributed by atoms with E-state index < -0.39 is 5.91 Å². The molecule has 0 aromatic heterocycles. The fraction of sp³-hybridized carbons (Fsp3) is 0.154. The van der Waals surface area contributed by atoms with E-state index in [9.17, 15) is 9.59 Å². The highest BCUT2D eigenvalue weighted by atomic mass is 127. The predicted molar refractivity (Wildman–Crippen MR) is 159 cm³/mol. The lowest BCUT2D eigenvalue weighted by atomic mass is 10.1. The van der Waals surface area contributed by atoms with Crippen molar-refractivity contribution in [2.75, 3.05) is 6.61 Å². The number of halogens is 5. The van der Waals surface area contributed by atoms with Crippen LogP contribution in [0.2, 0.25) is 20.1 Å². The number of hydrogen-bond acceptors (Lipinski definition) is 5. The van der Waals surface area contributed by atoms with E-state index in [4.69, 9.17) is 55.9 Å². The van der Waals surface area contributed by atoms with Gasteiger partial charge < -0.3 is 9.47 Å². The summed E-state index contributed by atoms with van der Waals surface area (Å²) in [4.78, 5) is 27.1. The summed E-state index contributed by atoms with van der Waals surface area (Å²) in [6.07, 6.45) is 1.67. The Hall–Kier alpha value is -1.62. The third-order valence-electron chi connectivity index (χ3n) is 5.23. The molecule has 1 aliphatic rings. The van der Waals surface area contributed by atoms with Crippen LogP contribution < -0.4 is 9.47 Å². The summed E-state index contributed by atoms with van der Waals surface area (Å²) in [7, 11) is 0. The van der Waals surface area contributed by atoms with Crippen LogP contribution in [0, 0.1) is 3.57 Å². The van der Waals surface area contributed by atoms with Gasteiger partial charge in [-0.05, 0) is 94.9 Å². The van der Waals surface area contributed by atoms with Crippen molar-refractivity contribution in [1.82, 2.24) is 4.90 Å². The second-order valence-electron chi connectivity index (χ2n) is 7.79. The normalized spacial score (nSPS) is 14.5. The number of rotatable bonds is 8. The van der Waals surface area contributed by atoms with Gasteiger partial charge in [-0.25, -0.2) is 0 Å². The number of hydrogen-bond donors (Lipinski definition) is 0. The second kappa shape index (κ2) is 12.5. The maximum absolute atomic E-state index is 13.0. The number of imide groups is 1. The lowest BCUT2D eigenvalue weighted by molar-refractivity contribution is -0.123. The molecule has 1 fully saturated rings. The van der Waals surface area contributed by atoms with Crippen molar-refractivity contribution in [3.63, 3.8) is 0 Å². The Labute approximate surface area is 252 Å². The number of carbonyl (C=O) groups excluding carboxylic acids is 2. The van der Waals surface area contributed by atoms with Gasteiger partial charge in [0.05, 0.1) is 21.6 Å². The minimum atomic E-state index is -0.397. The van der Waals surface area contributed by atoms with Crippen molar-refractivity contribution < 1.29 is 19.1 Å². The molecule has 5 nitrogen and oxygen atoms in total. The van der Waals surface area contributed by atoms with Gasteiger partial charge in [-0.2, -0.15) is 0 Å². The van der Waals surface area contributed by atoms with Crippen LogP contribution in [0.4, 0.5) is 4.79 Å². The third-order valence-corrected chi connectivity index (χ3v) is 8.12. The molecular weight excluding hydrogens is 691 g/mol. The van der Waals surface area contributed by atoms with Crippen LogP contribution >= 0.6 is 80.8 Å². The molecule has 3 aromatic carbocycles. The van der Waals surface area contributed by atoms with Gasteiger partial charge in [0.25, 0.3) is 11.1 Å². The molecule has 11 heteroatoms. The van der Waals surface area contributed by atoms with Crippen LogP contribution in [-0.4, -0.2) is 22.7 Å². The number of benzene rings is 3. The molecule has 4 rings (SSSR count). The van der Waals surface area contributed by atoms with E-state index in [0.29, 0.717) is 54.2 Å². The molecule has 0 spiro atoms. The van der Waals surface area contributed by atoms with Crippen LogP contribution in [-0.2, 0) is 17.9 Å². The molecule has 192 valence electrons. The Balaban J connectivity index is 1.56. The van der Waals surface area contributed by atoms with Crippen molar-refractivity contribution in [1.29, 1.82) is 0 Å². The zero-order valence-corrected chi connectivity index (χ0v) is 25.2. The first kappa shape index (κ1) is 28.4. The Morgan fingerprint density at radius 2 is 1.57 bits per heavy atom. The summed E-state index contributed by atoms with van der Waals surface area (Å²) in [5.41, 5.74) is 2.10. The molecule has 1 heterocycles. The lowest BCUT2D eigenvalue weighted by Crippen LogP contribution is -2.27. The smallest absolute Gasteiger partial charge is 0.293 e. The molecular formula is C26H18Cl4INO4S. The number of carbonyl (C=O) groups is 2. The van der Waals surface area contributed by atoms with Crippen LogP contribution in [0.5, 0.6) is 11.5 Å². The monoisotopic (exact) mass is 707 g/mol. The first-order valence-electron chi connectivity index (χ1n) is 10.9. The molecule has 0 bridgehead atoms. The van der Waals surface area contributed by atoms with E-state index in [1.165, 1.54) is 0 Å². The van der Waals surface area contributed by atoms with E-state index >= 15 is 0 Å². The summed E-state index contributed by atoms with van der Waals surface area (Å²) in [5.74, 6) is 0.667. The summed E-state index contributed by atoms with van der Waals surface area (Å²) < 4.78 is 12.7. The highest BCUT2D eigenvalue weighted by Crippen LogP contribution is 2.39. The zero-order chi connectivity index (χ0) is 26.7. The minimum absolute atomic E-state index is 0.0553. The van der Waals surface area contributed by atoms with Crippen molar-refractivity contribution in [2.45, 2.75) is 20.1 Å². The van der Waals surface area contributed by atoms with Crippen molar-refractivity contribution in [2.24, 2.45) is 0 Å². The van der Waals surface area contributed by atoms with Gasteiger partial charge in [-0.15, -0.1) is 0 Å². The summed E-state index contributed by atoms with van der Waals surface area (Å²) in [6.45, 7) is 2.56. The van der Waals surface area contributed by atoms with E-state index in [-0.39, 0.29) is 18.4 Å². The van der Waals surface area contributed by atoms with E-state index in [1.54, 1.807) is 48.5 Å². The first-order chi connectivity index (χ1) is 17.7. The zero-order valence-electron chi connectivity index (χ0n) is 19.2.